The molecule has 142 valence electrons. The lowest BCUT2D eigenvalue weighted by molar-refractivity contribution is 0.0420. The van der Waals surface area contributed by atoms with Crippen LogP contribution in [0, 0.1) is 0 Å². The van der Waals surface area contributed by atoms with Gasteiger partial charge in [0, 0.05) is 52.6 Å². The summed E-state index contributed by atoms with van der Waals surface area (Å²) < 4.78 is 11.0. The van der Waals surface area contributed by atoms with Crippen LogP contribution in [0.15, 0.2) is 35.3 Å². The average molecular weight is 462 g/mol. The van der Waals surface area contributed by atoms with Gasteiger partial charge in [-0.25, -0.2) is 0 Å². The van der Waals surface area contributed by atoms with Crippen LogP contribution in [-0.2, 0) is 9.47 Å². The van der Waals surface area contributed by atoms with E-state index in [0.717, 1.165) is 58.3 Å². The minimum atomic E-state index is 0. The Morgan fingerprint density at radius 1 is 1.28 bits per heavy atom. The standard InChI is InChI=1S/C18H30N4O2.HI/c1-19-18(20-10-6-13-24-17-9-14-23-15-17)21-11-12-22(2)16-7-4-3-5-8-16;/h3-5,7-8,17H,6,9-15H2,1-2H3,(H2,19,20,21);1H. The number of hydrogen-bond acceptors (Lipinski definition) is 4. The quantitative estimate of drug-likeness (QED) is 0.255. The van der Waals surface area contributed by atoms with E-state index in [0.29, 0.717) is 0 Å². The number of anilines is 1. The van der Waals surface area contributed by atoms with E-state index in [2.05, 4.69) is 51.8 Å². The molecule has 0 spiro atoms. The third-order valence-electron chi connectivity index (χ3n) is 4.02. The first-order valence-corrected chi connectivity index (χ1v) is 8.69. The maximum Gasteiger partial charge on any atom is 0.191 e. The van der Waals surface area contributed by atoms with E-state index in [9.17, 15) is 0 Å². The normalized spacial score (nSPS) is 17.0. The van der Waals surface area contributed by atoms with Gasteiger partial charge in [0.05, 0.1) is 12.7 Å². The molecule has 1 saturated heterocycles. The van der Waals surface area contributed by atoms with Crippen LogP contribution in [0.1, 0.15) is 12.8 Å². The fraction of sp³-hybridized carbons (Fsp3) is 0.611. The van der Waals surface area contributed by atoms with Crippen LogP contribution < -0.4 is 15.5 Å². The molecule has 0 bridgehead atoms. The highest BCUT2D eigenvalue weighted by Crippen LogP contribution is 2.09. The summed E-state index contributed by atoms with van der Waals surface area (Å²) in [6.07, 6.45) is 2.27. The molecule has 6 nitrogen and oxygen atoms in total. The Morgan fingerprint density at radius 3 is 2.72 bits per heavy atom. The van der Waals surface area contributed by atoms with Crippen LogP contribution in [0.2, 0.25) is 0 Å². The van der Waals surface area contributed by atoms with Gasteiger partial charge in [-0.1, -0.05) is 18.2 Å². The molecule has 2 rings (SSSR count). The zero-order chi connectivity index (χ0) is 17.0. The lowest BCUT2D eigenvalue weighted by atomic mass is 10.3. The van der Waals surface area contributed by atoms with E-state index < -0.39 is 0 Å². The number of benzene rings is 1. The van der Waals surface area contributed by atoms with E-state index >= 15 is 0 Å². The topological polar surface area (TPSA) is 58.1 Å². The SMILES string of the molecule is CN=C(NCCCOC1CCOC1)NCCN(C)c1ccccc1.I. The van der Waals surface area contributed by atoms with Gasteiger partial charge in [-0.15, -0.1) is 24.0 Å². The largest absolute Gasteiger partial charge is 0.379 e. The van der Waals surface area contributed by atoms with Crippen molar-refractivity contribution in [1.29, 1.82) is 0 Å². The number of para-hydroxylation sites is 1. The molecule has 1 heterocycles. The molecular weight excluding hydrogens is 431 g/mol. The second-order valence-corrected chi connectivity index (χ2v) is 5.89. The van der Waals surface area contributed by atoms with Gasteiger partial charge in [-0.3, -0.25) is 4.99 Å². The first-order valence-electron chi connectivity index (χ1n) is 8.69. The highest BCUT2D eigenvalue weighted by molar-refractivity contribution is 14.0. The van der Waals surface area contributed by atoms with Gasteiger partial charge in [0.15, 0.2) is 5.96 Å². The second-order valence-electron chi connectivity index (χ2n) is 5.89. The van der Waals surface area contributed by atoms with E-state index in [-0.39, 0.29) is 30.1 Å². The van der Waals surface area contributed by atoms with Gasteiger partial charge in [-0.05, 0) is 25.0 Å². The summed E-state index contributed by atoms with van der Waals surface area (Å²) >= 11 is 0. The zero-order valence-electron chi connectivity index (χ0n) is 15.2. The second kappa shape index (κ2) is 13.2. The van der Waals surface area contributed by atoms with Gasteiger partial charge in [0.1, 0.15) is 0 Å². The lowest BCUT2D eigenvalue weighted by Crippen LogP contribution is -2.41. The summed E-state index contributed by atoms with van der Waals surface area (Å²) in [5.41, 5.74) is 1.22. The molecule has 1 fully saturated rings. The van der Waals surface area contributed by atoms with Crippen molar-refractivity contribution >= 4 is 35.6 Å². The molecule has 0 aromatic heterocycles. The van der Waals surface area contributed by atoms with Crippen molar-refractivity contribution < 1.29 is 9.47 Å². The van der Waals surface area contributed by atoms with Gasteiger partial charge in [0.2, 0.25) is 0 Å². The third kappa shape index (κ3) is 8.73. The number of nitrogens with zero attached hydrogens (tertiary/aromatic N) is 2. The Morgan fingerprint density at radius 2 is 2.04 bits per heavy atom. The monoisotopic (exact) mass is 462 g/mol. The van der Waals surface area contributed by atoms with E-state index in [4.69, 9.17) is 9.47 Å². The summed E-state index contributed by atoms with van der Waals surface area (Å²) in [6.45, 7) is 4.93. The molecule has 1 aliphatic rings. The Labute approximate surface area is 168 Å². The first-order chi connectivity index (χ1) is 11.8. The maximum absolute atomic E-state index is 5.75. The minimum Gasteiger partial charge on any atom is -0.379 e. The number of nitrogens with one attached hydrogen (secondary N) is 2. The molecule has 0 amide bonds. The Balaban J connectivity index is 0.00000312. The molecule has 0 saturated carbocycles. The first kappa shape index (κ1) is 22.0. The van der Waals surface area contributed by atoms with Crippen LogP contribution in [0.25, 0.3) is 0 Å². The van der Waals surface area contributed by atoms with E-state index in [1.54, 1.807) is 7.05 Å². The van der Waals surface area contributed by atoms with Crippen molar-refractivity contribution in [2.75, 3.05) is 58.5 Å². The molecule has 1 aromatic rings. The van der Waals surface area contributed by atoms with E-state index in [1.807, 2.05) is 6.07 Å². The molecule has 1 aliphatic heterocycles. The highest BCUT2D eigenvalue weighted by atomic mass is 127. The molecule has 7 heteroatoms. The molecular formula is C18H31IN4O2. The van der Waals surface area contributed by atoms with Crippen molar-refractivity contribution in [2.45, 2.75) is 18.9 Å². The summed E-state index contributed by atoms with van der Waals surface area (Å²) in [4.78, 5) is 6.47. The zero-order valence-corrected chi connectivity index (χ0v) is 17.6. The number of hydrogen-bond donors (Lipinski definition) is 2. The predicted molar refractivity (Wildman–Crippen MR) is 114 cm³/mol. The predicted octanol–water partition coefficient (Wildman–Crippen LogP) is 2.10. The molecule has 1 unspecified atom stereocenters. The summed E-state index contributed by atoms with van der Waals surface area (Å²) in [7, 11) is 3.89. The average Bonchev–Trinajstić information content (AvgIpc) is 3.14. The number of aliphatic imine (C=N–C) groups is 1. The highest BCUT2D eigenvalue weighted by Gasteiger charge is 2.15. The van der Waals surface area contributed by atoms with Gasteiger partial charge in [0.25, 0.3) is 0 Å². The minimum absolute atomic E-state index is 0. The summed E-state index contributed by atoms with van der Waals surface area (Å²) in [6, 6.07) is 10.4. The van der Waals surface area contributed by atoms with Crippen LogP contribution in [-0.4, -0.2) is 65.6 Å². The Kier molecular flexibility index (Phi) is 11.6. The van der Waals surface area contributed by atoms with Crippen LogP contribution >= 0.6 is 24.0 Å². The Hall–Kier alpha value is -1.06. The Bertz CT molecular complexity index is 481. The summed E-state index contributed by atoms with van der Waals surface area (Å²) in [5, 5.41) is 6.66. The van der Waals surface area contributed by atoms with Gasteiger partial charge < -0.3 is 25.0 Å². The van der Waals surface area contributed by atoms with Crippen molar-refractivity contribution in [3.05, 3.63) is 30.3 Å². The van der Waals surface area contributed by atoms with Crippen LogP contribution in [0.5, 0.6) is 0 Å². The molecule has 0 aliphatic carbocycles. The fourth-order valence-electron chi connectivity index (χ4n) is 2.55. The van der Waals surface area contributed by atoms with Gasteiger partial charge >= 0.3 is 0 Å². The number of ether oxygens (including phenoxy) is 2. The van der Waals surface area contributed by atoms with E-state index in [1.165, 1.54) is 5.69 Å². The van der Waals surface area contributed by atoms with Crippen molar-refractivity contribution in [2.24, 2.45) is 4.99 Å². The number of rotatable bonds is 9. The molecule has 25 heavy (non-hydrogen) atoms. The third-order valence-corrected chi connectivity index (χ3v) is 4.02. The van der Waals surface area contributed by atoms with Crippen molar-refractivity contribution in [1.82, 2.24) is 10.6 Å². The van der Waals surface area contributed by atoms with Crippen LogP contribution in [0.3, 0.4) is 0 Å². The molecule has 0 radical (unpaired) electrons. The van der Waals surface area contributed by atoms with Crippen molar-refractivity contribution in [3.63, 3.8) is 0 Å². The molecule has 1 atom stereocenters. The number of halogens is 1. The van der Waals surface area contributed by atoms with Crippen molar-refractivity contribution in [3.8, 4) is 0 Å². The lowest BCUT2D eigenvalue weighted by Gasteiger charge is -2.20. The molecule has 2 N–H and O–H groups in total. The van der Waals surface area contributed by atoms with Gasteiger partial charge in [-0.2, -0.15) is 0 Å². The maximum atomic E-state index is 5.75. The fourth-order valence-corrected chi connectivity index (χ4v) is 2.55. The summed E-state index contributed by atoms with van der Waals surface area (Å²) in [5.74, 6) is 0.834. The molecule has 1 aromatic carbocycles. The van der Waals surface area contributed by atoms with Crippen LogP contribution in [0.4, 0.5) is 5.69 Å². The number of guanidine groups is 1. The number of likely N-dealkylation sites (N-methyl/N-ethyl adjacent to an activating group) is 1. The smallest absolute Gasteiger partial charge is 0.191 e.